The molecule has 0 heterocycles. The standard InChI is InChI=1S/C12H27NO2/c1-6-7-13-8-12(5,14)9-15-11(4)10(2)3/h10-11,13-14H,6-9H2,1-5H3. The number of nitrogens with one attached hydrogen (secondary N) is 1. The summed E-state index contributed by atoms with van der Waals surface area (Å²) >= 11 is 0. The van der Waals surface area contributed by atoms with Crippen LogP contribution in [0.2, 0.25) is 0 Å². The molecule has 0 aromatic rings. The molecule has 0 fully saturated rings. The highest BCUT2D eigenvalue weighted by Crippen LogP contribution is 2.09. The Labute approximate surface area is 94.2 Å². The van der Waals surface area contributed by atoms with Crippen molar-refractivity contribution in [2.45, 2.75) is 52.7 Å². The van der Waals surface area contributed by atoms with E-state index in [0.717, 1.165) is 13.0 Å². The van der Waals surface area contributed by atoms with Gasteiger partial charge in [0, 0.05) is 6.54 Å². The highest BCUT2D eigenvalue weighted by Gasteiger charge is 2.21. The van der Waals surface area contributed by atoms with Gasteiger partial charge in [0.25, 0.3) is 0 Å². The topological polar surface area (TPSA) is 41.5 Å². The van der Waals surface area contributed by atoms with Crippen LogP contribution in [0.15, 0.2) is 0 Å². The van der Waals surface area contributed by atoms with Crippen LogP contribution in [0.1, 0.15) is 41.0 Å². The second-order valence-electron chi connectivity index (χ2n) is 4.93. The molecule has 0 aromatic carbocycles. The lowest BCUT2D eigenvalue weighted by Crippen LogP contribution is -2.43. The van der Waals surface area contributed by atoms with E-state index in [4.69, 9.17) is 4.74 Å². The fraction of sp³-hybridized carbons (Fsp3) is 1.00. The maximum absolute atomic E-state index is 9.98. The first kappa shape index (κ1) is 14.9. The van der Waals surface area contributed by atoms with Gasteiger partial charge < -0.3 is 15.2 Å². The number of ether oxygens (including phenoxy) is 1. The lowest BCUT2D eigenvalue weighted by molar-refractivity contribution is -0.0678. The van der Waals surface area contributed by atoms with E-state index in [-0.39, 0.29) is 6.10 Å². The third-order valence-corrected chi connectivity index (χ3v) is 2.53. The molecule has 0 bridgehead atoms. The molecule has 92 valence electrons. The summed E-state index contributed by atoms with van der Waals surface area (Å²) in [4.78, 5) is 0. The van der Waals surface area contributed by atoms with Crippen molar-refractivity contribution < 1.29 is 9.84 Å². The first-order chi connectivity index (χ1) is 6.89. The zero-order chi connectivity index (χ0) is 11.9. The van der Waals surface area contributed by atoms with E-state index in [1.165, 1.54) is 0 Å². The largest absolute Gasteiger partial charge is 0.386 e. The van der Waals surface area contributed by atoms with Crippen molar-refractivity contribution in [3.05, 3.63) is 0 Å². The normalized spacial score (nSPS) is 17.8. The average Bonchev–Trinajstić information content (AvgIpc) is 2.14. The number of aliphatic hydroxyl groups is 1. The Kier molecular flexibility index (Phi) is 7.14. The Hall–Kier alpha value is -0.120. The highest BCUT2D eigenvalue weighted by molar-refractivity contribution is 4.75. The van der Waals surface area contributed by atoms with E-state index < -0.39 is 5.60 Å². The van der Waals surface area contributed by atoms with Gasteiger partial charge in [-0.3, -0.25) is 0 Å². The summed E-state index contributed by atoms with van der Waals surface area (Å²) in [5, 5.41) is 13.2. The number of rotatable bonds is 8. The first-order valence-electron chi connectivity index (χ1n) is 5.93. The minimum atomic E-state index is -0.766. The minimum absolute atomic E-state index is 0.197. The van der Waals surface area contributed by atoms with Crippen molar-refractivity contribution in [1.29, 1.82) is 0 Å². The molecule has 0 rings (SSSR count). The van der Waals surface area contributed by atoms with Gasteiger partial charge in [-0.1, -0.05) is 20.8 Å². The second-order valence-corrected chi connectivity index (χ2v) is 4.93. The van der Waals surface area contributed by atoms with Crippen molar-refractivity contribution in [1.82, 2.24) is 5.32 Å². The van der Waals surface area contributed by atoms with E-state index in [9.17, 15) is 5.11 Å². The summed E-state index contributed by atoms with van der Waals surface area (Å²) in [6.45, 7) is 12.1. The van der Waals surface area contributed by atoms with E-state index in [1.54, 1.807) is 0 Å². The summed E-state index contributed by atoms with van der Waals surface area (Å²) in [5.41, 5.74) is -0.766. The van der Waals surface area contributed by atoms with Gasteiger partial charge >= 0.3 is 0 Å². The van der Waals surface area contributed by atoms with Gasteiger partial charge in [-0.15, -0.1) is 0 Å². The van der Waals surface area contributed by atoms with Crippen molar-refractivity contribution in [2.75, 3.05) is 19.7 Å². The highest BCUT2D eigenvalue weighted by atomic mass is 16.5. The molecule has 3 nitrogen and oxygen atoms in total. The predicted octanol–water partition coefficient (Wildman–Crippen LogP) is 1.80. The van der Waals surface area contributed by atoms with Crippen molar-refractivity contribution in [3.63, 3.8) is 0 Å². The van der Waals surface area contributed by atoms with Crippen LogP contribution in [0.4, 0.5) is 0 Å². The third kappa shape index (κ3) is 7.77. The molecule has 0 aliphatic carbocycles. The van der Waals surface area contributed by atoms with Crippen LogP contribution in [-0.2, 0) is 4.74 Å². The molecule has 2 atom stereocenters. The van der Waals surface area contributed by atoms with Gasteiger partial charge in [-0.2, -0.15) is 0 Å². The van der Waals surface area contributed by atoms with Crippen LogP contribution in [0, 0.1) is 5.92 Å². The fourth-order valence-corrected chi connectivity index (χ4v) is 1.09. The smallest absolute Gasteiger partial charge is 0.0975 e. The molecule has 3 heteroatoms. The van der Waals surface area contributed by atoms with Gasteiger partial charge in [-0.05, 0) is 32.7 Å². The van der Waals surface area contributed by atoms with Crippen LogP contribution in [-0.4, -0.2) is 36.5 Å². The zero-order valence-electron chi connectivity index (χ0n) is 10.8. The molecular formula is C12H27NO2. The van der Waals surface area contributed by atoms with E-state index >= 15 is 0 Å². The molecule has 0 aromatic heterocycles. The Morgan fingerprint density at radius 3 is 2.40 bits per heavy atom. The SMILES string of the molecule is CCCNCC(C)(O)COC(C)C(C)C. The van der Waals surface area contributed by atoms with Crippen LogP contribution in [0.5, 0.6) is 0 Å². The van der Waals surface area contributed by atoms with Gasteiger partial charge in [0.05, 0.1) is 18.3 Å². The summed E-state index contributed by atoms with van der Waals surface area (Å²) in [6.07, 6.45) is 1.28. The van der Waals surface area contributed by atoms with Crippen molar-refractivity contribution in [2.24, 2.45) is 5.92 Å². The van der Waals surface area contributed by atoms with E-state index in [2.05, 4.69) is 26.1 Å². The maximum Gasteiger partial charge on any atom is 0.0975 e. The average molecular weight is 217 g/mol. The summed E-state index contributed by atoms with van der Waals surface area (Å²) in [7, 11) is 0. The van der Waals surface area contributed by atoms with Gasteiger partial charge in [0.1, 0.15) is 0 Å². The molecule has 2 unspecified atom stereocenters. The summed E-state index contributed by atoms with van der Waals surface area (Å²) < 4.78 is 5.61. The minimum Gasteiger partial charge on any atom is -0.386 e. The lowest BCUT2D eigenvalue weighted by atomic mass is 10.1. The fourth-order valence-electron chi connectivity index (χ4n) is 1.09. The molecular weight excluding hydrogens is 190 g/mol. The van der Waals surface area contributed by atoms with Gasteiger partial charge in [0.15, 0.2) is 0 Å². The molecule has 0 aliphatic heterocycles. The van der Waals surface area contributed by atoms with Crippen LogP contribution in [0.25, 0.3) is 0 Å². The van der Waals surface area contributed by atoms with Crippen molar-refractivity contribution in [3.8, 4) is 0 Å². The monoisotopic (exact) mass is 217 g/mol. The molecule has 15 heavy (non-hydrogen) atoms. The van der Waals surface area contributed by atoms with E-state index in [0.29, 0.717) is 19.1 Å². The zero-order valence-corrected chi connectivity index (χ0v) is 10.8. The molecule has 0 saturated carbocycles. The van der Waals surface area contributed by atoms with E-state index in [1.807, 2.05) is 13.8 Å². The maximum atomic E-state index is 9.98. The van der Waals surface area contributed by atoms with Gasteiger partial charge in [0.2, 0.25) is 0 Å². The number of hydrogen-bond acceptors (Lipinski definition) is 3. The number of hydrogen-bond donors (Lipinski definition) is 2. The van der Waals surface area contributed by atoms with Crippen molar-refractivity contribution >= 4 is 0 Å². The molecule has 0 spiro atoms. The Morgan fingerprint density at radius 2 is 1.93 bits per heavy atom. The molecule has 2 N–H and O–H groups in total. The second kappa shape index (κ2) is 7.20. The Bertz CT molecular complexity index is 158. The first-order valence-corrected chi connectivity index (χ1v) is 5.93. The van der Waals surface area contributed by atoms with Crippen LogP contribution < -0.4 is 5.32 Å². The third-order valence-electron chi connectivity index (χ3n) is 2.53. The molecule has 0 aliphatic rings. The Morgan fingerprint density at radius 1 is 1.33 bits per heavy atom. The van der Waals surface area contributed by atoms with Gasteiger partial charge in [-0.25, -0.2) is 0 Å². The summed E-state index contributed by atoms with van der Waals surface area (Å²) in [6, 6.07) is 0. The lowest BCUT2D eigenvalue weighted by Gasteiger charge is -2.26. The van der Waals surface area contributed by atoms with Crippen LogP contribution in [0.3, 0.4) is 0 Å². The Balaban J connectivity index is 3.72. The molecule has 0 amide bonds. The van der Waals surface area contributed by atoms with Crippen LogP contribution >= 0.6 is 0 Å². The summed E-state index contributed by atoms with van der Waals surface area (Å²) in [5.74, 6) is 0.490. The predicted molar refractivity (Wildman–Crippen MR) is 64.0 cm³/mol. The molecule has 0 radical (unpaired) electrons. The quantitative estimate of drug-likeness (QED) is 0.609. The molecule has 0 saturated heterocycles.